The van der Waals surface area contributed by atoms with Gasteiger partial charge in [0, 0.05) is 6.54 Å². The lowest BCUT2D eigenvalue weighted by atomic mass is 10.3. The first-order chi connectivity index (χ1) is 6.93. The number of rotatable bonds is 3. The zero-order valence-electron chi connectivity index (χ0n) is 8.08. The third-order valence-corrected chi connectivity index (χ3v) is 1.78. The summed E-state index contributed by atoms with van der Waals surface area (Å²) >= 11 is 0. The Bertz CT molecular complexity index is 310. The number of alkyl halides is 3. The maximum absolute atomic E-state index is 12.1. The van der Waals surface area contributed by atoms with Crippen LogP contribution in [0.15, 0.2) is 18.3 Å². The lowest BCUT2D eigenvalue weighted by Crippen LogP contribution is -2.31. The third-order valence-electron chi connectivity index (χ3n) is 1.78. The van der Waals surface area contributed by atoms with E-state index in [1.807, 2.05) is 0 Å². The van der Waals surface area contributed by atoms with Gasteiger partial charge in [-0.05, 0) is 19.1 Å². The summed E-state index contributed by atoms with van der Waals surface area (Å²) in [6.45, 7) is 1.19. The highest BCUT2D eigenvalue weighted by Crippen LogP contribution is 2.24. The summed E-state index contributed by atoms with van der Waals surface area (Å²) in [5, 5.41) is 0. The van der Waals surface area contributed by atoms with Gasteiger partial charge in [-0.1, -0.05) is 0 Å². The fraction of sp³-hybridized carbons (Fsp3) is 0.444. The number of nitrogens with zero attached hydrogens (tertiary/aromatic N) is 1. The molecule has 6 heteroatoms. The van der Waals surface area contributed by atoms with E-state index < -0.39 is 12.3 Å². The Balaban J connectivity index is 2.65. The second-order valence-electron chi connectivity index (χ2n) is 2.99. The summed E-state index contributed by atoms with van der Waals surface area (Å²) in [5.41, 5.74) is 5.89. The van der Waals surface area contributed by atoms with Crippen LogP contribution in [0.5, 0.6) is 5.75 Å². The molecule has 0 radical (unpaired) electrons. The number of aromatic nitrogens is 1. The van der Waals surface area contributed by atoms with Crippen molar-refractivity contribution in [3.63, 3.8) is 0 Å². The molecule has 1 unspecified atom stereocenters. The van der Waals surface area contributed by atoms with Gasteiger partial charge < -0.3 is 10.5 Å². The van der Waals surface area contributed by atoms with Crippen molar-refractivity contribution in [2.45, 2.75) is 25.7 Å². The van der Waals surface area contributed by atoms with Crippen LogP contribution in [0.4, 0.5) is 13.2 Å². The normalized spacial score (nSPS) is 13.7. The van der Waals surface area contributed by atoms with E-state index in [9.17, 15) is 13.2 Å². The van der Waals surface area contributed by atoms with Crippen molar-refractivity contribution in [2.75, 3.05) is 0 Å². The summed E-state index contributed by atoms with van der Waals surface area (Å²) in [6, 6.07) is 2.94. The molecule has 1 rings (SSSR count). The summed E-state index contributed by atoms with van der Waals surface area (Å²) in [4.78, 5) is 3.81. The first-order valence-electron chi connectivity index (χ1n) is 4.32. The van der Waals surface area contributed by atoms with Gasteiger partial charge in [0.2, 0.25) is 0 Å². The highest BCUT2D eigenvalue weighted by Gasteiger charge is 2.38. The average Bonchev–Trinajstić information content (AvgIpc) is 2.17. The summed E-state index contributed by atoms with van der Waals surface area (Å²) < 4.78 is 41.0. The Labute approximate surface area is 85.1 Å². The predicted octanol–water partition coefficient (Wildman–Crippen LogP) is 1.87. The summed E-state index contributed by atoms with van der Waals surface area (Å²) in [5.74, 6) is 0.0806. The Morgan fingerprint density at radius 1 is 1.47 bits per heavy atom. The van der Waals surface area contributed by atoms with E-state index in [0.717, 1.165) is 6.92 Å². The molecule has 0 aromatic carbocycles. The molecule has 0 saturated carbocycles. The lowest BCUT2D eigenvalue weighted by Gasteiger charge is -2.17. The smallest absolute Gasteiger partial charge is 0.425 e. The van der Waals surface area contributed by atoms with Crippen molar-refractivity contribution in [1.29, 1.82) is 0 Å². The molecule has 84 valence electrons. The molecule has 1 atom stereocenters. The second-order valence-corrected chi connectivity index (χ2v) is 2.99. The molecule has 1 aromatic heterocycles. The SMILES string of the molecule is CC(Oc1ccc(CN)nc1)C(F)(F)F. The van der Waals surface area contributed by atoms with Gasteiger partial charge >= 0.3 is 6.18 Å². The maximum atomic E-state index is 12.1. The van der Waals surface area contributed by atoms with Crippen LogP contribution in [0.3, 0.4) is 0 Å². The molecule has 0 spiro atoms. The number of halogens is 3. The number of hydrogen-bond donors (Lipinski definition) is 1. The summed E-state index contributed by atoms with van der Waals surface area (Å²) in [7, 11) is 0. The van der Waals surface area contributed by atoms with Crippen molar-refractivity contribution >= 4 is 0 Å². The Morgan fingerprint density at radius 3 is 2.53 bits per heavy atom. The van der Waals surface area contributed by atoms with Gasteiger partial charge in [-0.15, -0.1) is 0 Å². The molecule has 15 heavy (non-hydrogen) atoms. The standard InChI is InChI=1S/C9H11F3N2O/c1-6(9(10,11)12)15-8-3-2-7(4-13)14-5-8/h2-3,5-6H,4,13H2,1H3. The fourth-order valence-electron chi connectivity index (χ4n) is 0.872. The van der Waals surface area contributed by atoms with Crippen molar-refractivity contribution in [3.05, 3.63) is 24.0 Å². The molecule has 0 bridgehead atoms. The Morgan fingerprint density at radius 2 is 2.13 bits per heavy atom. The number of hydrogen-bond acceptors (Lipinski definition) is 3. The predicted molar refractivity (Wildman–Crippen MR) is 48.3 cm³/mol. The highest BCUT2D eigenvalue weighted by atomic mass is 19.4. The van der Waals surface area contributed by atoms with Gasteiger partial charge in [0.25, 0.3) is 0 Å². The maximum Gasteiger partial charge on any atom is 0.425 e. The van der Waals surface area contributed by atoms with Gasteiger partial charge in [0.1, 0.15) is 5.75 Å². The number of ether oxygens (including phenoxy) is 1. The molecule has 0 aliphatic carbocycles. The van der Waals surface area contributed by atoms with E-state index >= 15 is 0 Å². The first kappa shape index (κ1) is 11.8. The minimum absolute atomic E-state index is 0.0806. The van der Waals surface area contributed by atoms with Crippen LogP contribution >= 0.6 is 0 Å². The van der Waals surface area contributed by atoms with Crippen molar-refractivity contribution < 1.29 is 17.9 Å². The minimum Gasteiger partial charge on any atom is -0.480 e. The minimum atomic E-state index is -4.37. The highest BCUT2D eigenvalue weighted by molar-refractivity contribution is 5.20. The molecule has 0 amide bonds. The van der Waals surface area contributed by atoms with E-state index in [-0.39, 0.29) is 12.3 Å². The molecule has 1 aromatic rings. The molecule has 0 aliphatic rings. The third kappa shape index (κ3) is 3.39. The second kappa shape index (κ2) is 4.48. The monoisotopic (exact) mass is 220 g/mol. The zero-order valence-corrected chi connectivity index (χ0v) is 8.08. The van der Waals surface area contributed by atoms with Crippen LogP contribution in [0, 0.1) is 0 Å². The first-order valence-corrected chi connectivity index (χ1v) is 4.32. The number of nitrogens with two attached hydrogens (primary N) is 1. The van der Waals surface area contributed by atoms with Crippen LogP contribution in [0.1, 0.15) is 12.6 Å². The van der Waals surface area contributed by atoms with Gasteiger partial charge in [0.15, 0.2) is 6.10 Å². The van der Waals surface area contributed by atoms with Crippen LogP contribution in [-0.2, 0) is 6.54 Å². The average molecular weight is 220 g/mol. The van der Waals surface area contributed by atoms with Crippen LogP contribution in [0.2, 0.25) is 0 Å². The van der Waals surface area contributed by atoms with Gasteiger partial charge in [0.05, 0.1) is 11.9 Å². The number of pyridine rings is 1. The van der Waals surface area contributed by atoms with Gasteiger partial charge in [-0.2, -0.15) is 13.2 Å². The Hall–Kier alpha value is -1.30. The molecule has 2 N–H and O–H groups in total. The molecular formula is C9H11F3N2O. The van der Waals surface area contributed by atoms with Gasteiger partial charge in [-0.3, -0.25) is 4.98 Å². The quantitative estimate of drug-likeness (QED) is 0.845. The fourth-order valence-corrected chi connectivity index (χ4v) is 0.872. The van der Waals surface area contributed by atoms with Crippen molar-refractivity contribution in [3.8, 4) is 5.75 Å². The zero-order chi connectivity index (χ0) is 11.5. The van der Waals surface area contributed by atoms with E-state index in [0.29, 0.717) is 5.69 Å². The van der Waals surface area contributed by atoms with Crippen LogP contribution < -0.4 is 10.5 Å². The Kier molecular flexibility index (Phi) is 3.52. The largest absolute Gasteiger partial charge is 0.480 e. The topological polar surface area (TPSA) is 48.1 Å². The molecule has 0 fully saturated rings. The van der Waals surface area contributed by atoms with E-state index in [1.165, 1.54) is 18.3 Å². The van der Waals surface area contributed by atoms with Crippen LogP contribution in [-0.4, -0.2) is 17.3 Å². The lowest BCUT2D eigenvalue weighted by molar-refractivity contribution is -0.189. The van der Waals surface area contributed by atoms with Crippen molar-refractivity contribution in [2.24, 2.45) is 5.73 Å². The van der Waals surface area contributed by atoms with Crippen LogP contribution in [0.25, 0.3) is 0 Å². The van der Waals surface area contributed by atoms with Crippen molar-refractivity contribution in [1.82, 2.24) is 4.98 Å². The molecule has 3 nitrogen and oxygen atoms in total. The van der Waals surface area contributed by atoms with E-state index in [4.69, 9.17) is 5.73 Å². The molecule has 0 aliphatic heterocycles. The van der Waals surface area contributed by atoms with E-state index in [2.05, 4.69) is 9.72 Å². The molecular weight excluding hydrogens is 209 g/mol. The molecule has 0 saturated heterocycles. The van der Waals surface area contributed by atoms with Gasteiger partial charge in [-0.25, -0.2) is 0 Å². The molecule has 1 heterocycles. The summed E-state index contributed by atoms with van der Waals surface area (Å²) in [6.07, 6.45) is -4.99. The van der Waals surface area contributed by atoms with E-state index in [1.54, 1.807) is 0 Å².